The average molecular weight is 230 g/mol. The zero-order chi connectivity index (χ0) is 11.4. The van der Waals surface area contributed by atoms with Gasteiger partial charge >= 0.3 is 0 Å². The summed E-state index contributed by atoms with van der Waals surface area (Å²) in [5.41, 5.74) is 5.94. The Morgan fingerprint density at radius 3 is 2.93 bits per heavy atom. The molecule has 15 heavy (non-hydrogen) atoms. The lowest BCUT2D eigenvalue weighted by Gasteiger charge is -2.13. The molecule has 1 heterocycles. The molecule has 0 aromatic carbocycles. The smallest absolute Gasteiger partial charge is 0.241 e. The van der Waals surface area contributed by atoms with E-state index in [0.29, 0.717) is 11.5 Å². The minimum absolute atomic E-state index is 0.0795. The van der Waals surface area contributed by atoms with E-state index < -0.39 is 6.04 Å². The van der Waals surface area contributed by atoms with Gasteiger partial charge in [0, 0.05) is 7.05 Å². The molecule has 1 atom stereocenters. The predicted molar refractivity (Wildman–Crippen MR) is 58.6 cm³/mol. The van der Waals surface area contributed by atoms with Crippen LogP contribution >= 0.6 is 11.6 Å². The molecule has 1 unspecified atom stereocenters. The van der Waals surface area contributed by atoms with Crippen LogP contribution < -0.4 is 16.4 Å². The van der Waals surface area contributed by atoms with Gasteiger partial charge in [-0.15, -0.1) is 0 Å². The van der Waals surface area contributed by atoms with Gasteiger partial charge < -0.3 is 16.4 Å². The van der Waals surface area contributed by atoms with E-state index in [-0.39, 0.29) is 11.2 Å². The molecule has 0 saturated carbocycles. The van der Waals surface area contributed by atoms with Gasteiger partial charge in [-0.05, 0) is 18.5 Å². The zero-order valence-electron chi connectivity index (χ0n) is 8.41. The highest BCUT2D eigenvalue weighted by molar-refractivity contribution is 6.28. The van der Waals surface area contributed by atoms with Gasteiger partial charge in [0.2, 0.25) is 11.2 Å². The van der Waals surface area contributed by atoms with Crippen LogP contribution in [0.2, 0.25) is 5.28 Å². The van der Waals surface area contributed by atoms with Gasteiger partial charge in [-0.25, -0.2) is 4.98 Å². The van der Waals surface area contributed by atoms with Crippen molar-refractivity contribution in [1.29, 1.82) is 0 Å². The Bertz CT molecular complexity index is 370. The fourth-order valence-electron chi connectivity index (χ4n) is 0.972. The Morgan fingerprint density at radius 2 is 2.33 bits per heavy atom. The van der Waals surface area contributed by atoms with Crippen LogP contribution in [0.25, 0.3) is 0 Å². The van der Waals surface area contributed by atoms with Crippen LogP contribution in [0.15, 0.2) is 6.20 Å². The third-order valence-electron chi connectivity index (χ3n) is 1.78. The zero-order valence-corrected chi connectivity index (χ0v) is 9.17. The van der Waals surface area contributed by atoms with Crippen molar-refractivity contribution in [2.75, 3.05) is 18.1 Å². The molecule has 82 valence electrons. The first-order valence-corrected chi connectivity index (χ1v) is 4.68. The van der Waals surface area contributed by atoms with Crippen LogP contribution in [-0.2, 0) is 4.79 Å². The standard InChI is InChI=1S/C8H12ClN5O/c1-4(7(15)11-2)13-6-5(10)3-12-8(9)14-6/h3-4H,10H2,1-2H3,(H,11,15)(H,12,13,14). The molecular weight excluding hydrogens is 218 g/mol. The van der Waals surface area contributed by atoms with Crippen LogP contribution in [0.5, 0.6) is 0 Å². The van der Waals surface area contributed by atoms with Crippen LogP contribution in [0.4, 0.5) is 11.5 Å². The topological polar surface area (TPSA) is 92.9 Å². The summed E-state index contributed by atoms with van der Waals surface area (Å²) in [5.74, 6) is 0.190. The third kappa shape index (κ3) is 2.95. The van der Waals surface area contributed by atoms with Gasteiger partial charge in [-0.3, -0.25) is 4.79 Å². The number of likely N-dealkylation sites (N-methyl/N-ethyl adjacent to an activating group) is 1. The van der Waals surface area contributed by atoms with Crippen molar-refractivity contribution in [2.45, 2.75) is 13.0 Å². The SMILES string of the molecule is CNC(=O)C(C)Nc1nc(Cl)ncc1N. The van der Waals surface area contributed by atoms with Crippen molar-refractivity contribution in [3.63, 3.8) is 0 Å². The Hall–Kier alpha value is -1.56. The van der Waals surface area contributed by atoms with Gasteiger partial charge in [-0.1, -0.05) is 0 Å². The Kier molecular flexibility index (Phi) is 3.68. The summed E-state index contributed by atoms with van der Waals surface area (Å²) in [6.45, 7) is 1.69. The number of amides is 1. The van der Waals surface area contributed by atoms with Gasteiger partial charge in [0.05, 0.1) is 11.9 Å². The Balaban J connectivity index is 2.80. The number of nitrogens with one attached hydrogen (secondary N) is 2. The minimum atomic E-state index is -0.441. The second-order valence-electron chi connectivity index (χ2n) is 2.92. The maximum absolute atomic E-state index is 11.2. The minimum Gasteiger partial charge on any atom is -0.394 e. The van der Waals surface area contributed by atoms with E-state index in [1.807, 2.05) is 0 Å². The summed E-state index contributed by atoms with van der Waals surface area (Å²) in [6.07, 6.45) is 1.38. The van der Waals surface area contributed by atoms with Gasteiger partial charge in [-0.2, -0.15) is 4.98 Å². The molecule has 7 heteroatoms. The van der Waals surface area contributed by atoms with Crippen LogP contribution in [0.3, 0.4) is 0 Å². The molecular formula is C8H12ClN5O. The summed E-state index contributed by atoms with van der Waals surface area (Å²) in [4.78, 5) is 18.8. The highest BCUT2D eigenvalue weighted by atomic mass is 35.5. The quantitative estimate of drug-likeness (QED) is 0.647. The number of hydrogen-bond acceptors (Lipinski definition) is 5. The normalized spacial score (nSPS) is 11.9. The largest absolute Gasteiger partial charge is 0.394 e. The second kappa shape index (κ2) is 4.79. The molecule has 0 radical (unpaired) electrons. The lowest BCUT2D eigenvalue weighted by Crippen LogP contribution is -2.35. The van der Waals surface area contributed by atoms with Crippen molar-refractivity contribution in [1.82, 2.24) is 15.3 Å². The molecule has 0 saturated heterocycles. The first kappa shape index (κ1) is 11.5. The van der Waals surface area contributed by atoms with Gasteiger partial charge in [0.25, 0.3) is 0 Å². The summed E-state index contributed by atoms with van der Waals surface area (Å²) in [6, 6.07) is -0.441. The first-order valence-electron chi connectivity index (χ1n) is 4.30. The number of halogens is 1. The van der Waals surface area contributed by atoms with Crippen molar-refractivity contribution in [3.05, 3.63) is 11.5 Å². The number of aromatic nitrogens is 2. The van der Waals surface area contributed by atoms with Crippen molar-refractivity contribution in [2.24, 2.45) is 0 Å². The van der Waals surface area contributed by atoms with E-state index in [4.69, 9.17) is 17.3 Å². The number of hydrogen-bond donors (Lipinski definition) is 3. The lowest BCUT2D eigenvalue weighted by molar-refractivity contribution is -0.121. The van der Waals surface area contributed by atoms with Crippen molar-refractivity contribution < 1.29 is 4.79 Å². The molecule has 0 spiro atoms. The molecule has 1 aromatic heterocycles. The van der Waals surface area contributed by atoms with Crippen LogP contribution in [0.1, 0.15) is 6.92 Å². The molecule has 0 bridgehead atoms. The monoisotopic (exact) mass is 229 g/mol. The van der Waals surface area contributed by atoms with Crippen LogP contribution in [0, 0.1) is 0 Å². The van der Waals surface area contributed by atoms with E-state index in [1.54, 1.807) is 14.0 Å². The Morgan fingerprint density at radius 1 is 1.67 bits per heavy atom. The fourth-order valence-corrected chi connectivity index (χ4v) is 1.11. The second-order valence-corrected chi connectivity index (χ2v) is 3.26. The van der Waals surface area contributed by atoms with Crippen molar-refractivity contribution >= 4 is 29.0 Å². The molecule has 4 N–H and O–H groups in total. The molecule has 6 nitrogen and oxygen atoms in total. The van der Waals surface area contributed by atoms with Gasteiger partial charge in [0.15, 0.2) is 5.82 Å². The number of anilines is 2. The third-order valence-corrected chi connectivity index (χ3v) is 1.96. The highest BCUT2D eigenvalue weighted by Crippen LogP contribution is 2.16. The highest BCUT2D eigenvalue weighted by Gasteiger charge is 2.13. The number of carbonyl (C=O) groups excluding carboxylic acids is 1. The number of nitrogens with zero attached hydrogens (tertiary/aromatic N) is 2. The number of carbonyl (C=O) groups is 1. The van der Waals surface area contributed by atoms with Crippen molar-refractivity contribution in [3.8, 4) is 0 Å². The predicted octanol–water partition coefficient (Wildman–Crippen LogP) is 0.259. The van der Waals surface area contributed by atoms with E-state index in [2.05, 4.69) is 20.6 Å². The van der Waals surface area contributed by atoms with E-state index >= 15 is 0 Å². The number of nitrogens with two attached hydrogens (primary N) is 1. The molecule has 1 rings (SSSR count). The molecule has 0 aliphatic rings. The summed E-state index contributed by atoms with van der Waals surface area (Å²) in [7, 11) is 1.55. The average Bonchev–Trinajstić information content (AvgIpc) is 2.22. The Labute approximate surface area is 92.2 Å². The first-order chi connectivity index (χ1) is 7.04. The molecule has 1 aromatic rings. The molecule has 0 aliphatic heterocycles. The maximum Gasteiger partial charge on any atom is 0.241 e. The summed E-state index contributed by atoms with van der Waals surface area (Å²) >= 11 is 5.60. The molecule has 1 amide bonds. The van der Waals surface area contributed by atoms with Gasteiger partial charge in [0.1, 0.15) is 6.04 Å². The molecule has 0 aliphatic carbocycles. The fraction of sp³-hybridized carbons (Fsp3) is 0.375. The van der Waals surface area contributed by atoms with E-state index in [9.17, 15) is 4.79 Å². The number of rotatable bonds is 3. The summed E-state index contributed by atoms with van der Waals surface area (Å²) < 4.78 is 0. The van der Waals surface area contributed by atoms with Crippen LogP contribution in [-0.4, -0.2) is 29.0 Å². The van der Waals surface area contributed by atoms with E-state index in [0.717, 1.165) is 0 Å². The lowest BCUT2D eigenvalue weighted by atomic mass is 10.3. The number of nitrogen functional groups attached to an aromatic ring is 1. The summed E-state index contributed by atoms with van der Waals surface area (Å²) in [5, 5.41) is 5.41. The maximum atomic E-state index is 11.2. The van der Waals surface area contributed by atoms with E-state index in [1.165, 1.54) is 6.20 Å². The molecule has 0 fully saturated rings.